The minimum Gasteiger partial charge on any atom is -0.447 e. The summed E-state index contributed by atoms with van der Waals surface area (Å²) >= 11 is 0. The summed E-state index contributed by atoms with van der Waals surface area (Å²) in [5.74, 6) is 0. The monoisotopic (exact) mass is 237 g/mol. The highest BCUT2D eigenvalue weighted by Crippen LogP contribution is 2.25. The van der Waals surface area contributed by atoms with E-state index in [1.54, 1.807) is 0 Å². The van der Waals surface area contributed by atoms with E-state index in [2.05, 4.69) is 4.74 Å². The number of hydrogen-bond donors (Lipinski definition) is 1. The number of halogens is 3. The SMILES string of the molecule is CCOC(=O)N(O)S(=O)(=O)C(F)(F)F. The molecule has 1 amide bonds. The first-order chi connectivity index (χ1) is 6.14. The van der Waals surface area contributed by atoms with Crippen molar-refractivity contribution in [3.05, 3.63) is 0 Å². The molecule has 0 aliphatic rings. The molecule has 0 saturated heterocycles. The topological polar surface area (TPSA) is 83.9 Å². The predicted octanol–water partition coefficient (Wildman–Crippen LogP) is 0.684. The third kappa shape index (κ3) is 2.48. The van der Waals surface area contributed by atoms with Gasteiger partial charge in [-0.2, -0.15) is 21.6 Å². The van der Waals surface area contributed by atoms with Crippen molar-refractivity contribution in [2.45, 2.75) is 12.4 Å². The Hall–Kier alpha value is -1.03. The fourth-order valence-electron chi connectivity index (χ4n) is 0.375. The van der Waals surface area contributed by atoms with Crippen LogP contribution in [-0.2, 0) is 14.8 Å². The number of hydrogen-bond acceptors (Lipinski definition) is 5. The molecular formula is C4H6F3NO5S. The molecule has 0 bridgehead atoms. The Labute approximate surface area is 76.9 Å². The van der Waals surface area contributed by atoms with Gasteiger partial charge in [0.15, 0.2) is 0 Å². The maximum atomic E-state index is 11.7. The summed E-state index contributed by atoms with van der Waals surface area (Å²) in [7, 11) is -6.08. The lowest BCUT2D eigenvalue weighted by atomic mass is 10.9. The second-order valence-electron chi connectivity index (χ2n) is 1.89. The number of sulfonamides is 1. The van der Waals surface area contributed by atoms with Crippen LogP contribution in [0.5, 0.6) is 0 Å². The van der Waals surface area contributed by atoms with Gasteiger partial charge in [0.05, 0.1) is 6.61 Å². The number of rotatable bonds is 2. The quantitative estimate of drug-likeness (QED) is 0.564. The molecule has 10 heteroatoms. The van der Waals surface area contributed by atoms with E-state index >= 15 is 0 Å². The maximum Gasteiger partial charge on any atom is 0.519 e. The van der Waals surface area contributed by atoms with E-state index in [-0.39, 0.29) is 6.61 Å². The largest absolute Gasteiger partial charge is 0.519 e. The van der Waals surface area contributed by atoms with Crippen LogP contribution in [0.4, 0.5) is 18.0 Å². The third-order valence-electron chi connectivity index (χ3n) is 0.944. The van der Waals surface area contributed by atoms with Crippen molar-refractivity contribution in [2.75, 3.05) is 6.61 Å². The number of ether oxygens (including phenoxy) is 1. The highest BCUT2D eigenvalue weighted by molar-refractivity contribution is 7.90. The van der Waals surface area contributed by atoms with Crippen LogP contribution >= 0.6 is 0 Å². The molecular weight excluding hydrogens is 231 g/mol. The molecule has 0 aromatic rings. The van der Waals surface area contributed by atoms with Gasteiger partial charge in [0, 0.05) is 0 Å². The van der Waals surface area contributed by atoms with Gasteiger partial charge >= 0.3 is 21.6 Å². The zero-order chi connectivity index (χ0) is 11.6. The number of nitrogens with zero attached hydrogens (tertiary/aromatic N) is 1. The van der Waals surface area contributed by atoms with Crippen LogP contribution in [-0.4, -0.2) is 36.3 Å². The highest BCUT2D eigenvalue weighted by Gasteiger charge is 2.52. The van der Waals surface area contributed by atoms with Gasteiger partial charge < -0.3 is 4.74 Å². The van der Waals surface area contributed by atoms with E-state index in [1.165, 1.54) is 6.92 Å². The Balaban J connectivity index is 4.87. The lowest BCUT2D eigenvalue weighted by Crippen LogP contribution is -2.42. The fourth-order valence-corrected chi connectivity index (χ4v) is 0.820. The van der Waals surface area contributed by atoms with E-state index in [9.17, 15) is 26.4 Å². The number of carbonyl (C=O) groups is 1. The molecule has 0 radical (unpaired) electrons. The smallest absolute Gasteiger partial charge is 0.447 e. The van der Waals surface area contributed by atoms with Crippen LogP contribution in [0.15, 0.2) is 0 Å². The molecule has 0 saturated carbocycles. The van der Waals surface area contributed by atoms with Gasteiger partial charge in [0.1, 0.15) is 0 Å². The minimum absolute atomic E-state index is 0.372. The molecule has 0 heterocycles. The van der Waals surface area contributed by atoms with E-state index in [0.717, 1.165) is 0 Å². The molecule has 6 nitrogen and oxygen atoms in total. The van der Waals surface area contributed by atoms with Crippen LogP contribution in [0.3, 0.4) is 0 Å². The summed E-state index contributed by atoms with van der Waals surface area (Å²) in [6.07, 6.45) is -2.01. The van der Waals surface area contributed by atoms with E-state index in [0.29, 0.717) is 0 Å². The molecule has 0 aliphatic carbocycles. The Kier molecular flexibility index (Phi) is 3.71. The van der Waals surface area contributed by atoms with Gasteiger partial charge in [-0.05, 0) is 6.92 Å². The maximum absolute atomic E-state index is 11.7. The summed E-state index contributed by atoms with van der Waals surface area (Å²) in [4.78, 5) is 10.4. The summed E-state index contributed by atoms with van der Waals surface area (Å²) in [5.41, 5.74) is -5.76. The van der Waals surface area contributed by atoms with Crippen molar-refractivity contribution in [3.63, 3.8) is 0 Å². The molecule has 0 aromatic heterocycles. The zero-order valence-electron chi connectivity index (χ0n) is 6.78. The van der Waals surface area contributed by atoms with Crippen LogP contribution < -0.4 is 0 Å². The Morgan fingerprint density at radius 2 is 1.93 bits per heavy atom. The molecule has 0 atom stereocenters. The first-order valence-corrected chi connectivity index (χ1v) is 4.55. The molecule has 0 unspecified atom stereocenters. The van der Waals surface area contributed by atoms with Crippen molar-refractivity contribution in [1.29, 1.82) is 0 Å². The van der Waals surface area contributed by atoms with Crippen molar-refractivity contribution in [2.24, 2.45) is 0 Å². The average molecular weight is 237 g/mol. The number of alkyl halides is 3. The molecule has 0 rings (SSSR count). The Morgan fingerprint density at radius 3 is 2.21 bits per heavy atom. The molecule has 1 N–H and O–H groups in total. The van der Waals surface area contributed by atoms with E-state index in [4.69, 9.17) is 5.21 Å². The van der Waals surface area contributed by atoms with Crippen LogP contribution in [0.1, 0.15) is 6.92 Å². The predicted molar refractivity (Wildman–Crippen MR) is 35.6 cm³/mol. The molecule has 84 valence electrons. The van der Waals surface area contributed by atoms with Gasteiger partial charge in [0.2, 0.25) is 0 Å². The van der Waals surface area contributed by atoms with Crippen LogP contribution in [0.25, 0.3) is 0 Å². The summed E-state index contributed by atoms with van der Waals surface area (Å²) in [5, 5.41) is 8.36. The third-order valence-corrected chi connectivity index (χ3v) is 2.13. The van der Waals surface area contributed by atoms with Crippen molar-refractivity contribution >= 4 is 16.1 Å². The van der Waals surface area contributed by atoms with Crippen molar-refractivity contribution in [3.8, 4) is 0 Å². The van der Waals surface area contributed by atoms with Gasteiger partial charge in [-0.1, -0.05) is 4.47 Å². The van der Waals surface area contributed by atoms with Gasteiger partial charge in [-0.25, -0.2) is 4.79 Å². The van der Waals surface area contributed by atoms with Gasteiger partial charge in [-0.15, -0.1) is 0 Å². The van der Waals surface area contributed by atoms with Gasteiger partial charge in [0.25, 0.3) is 0 Å². The lowest BCUT2D eigenvalue weighted by molar-refractivity contribution is -0.0706. The van der Waals surface area contributed by atoms with Crippen molar-refractivity contribution in [1.82, 2.24) is 4.47 Å². The van der Waals surface area contributed by atoms with E-state index in [1.807, 2.05) is 0 Å². The Bertz CT molecular complexity index is 309. The molecule has 0 aromatic carbocycles. The normalized spacial score (nSPS) is 12.4. The first kappa shape index (κ1) is 13.0. The summed E-state index contributed by atoms with van der Waals surface area (Å²) in [6, 6.07) is 0. The first-order valence-electron chi connectivity index (χ1n) is 3.11. The standard InChI is InChI=1S/C4H6F3NO5S/c1-2-13-3(9)8(10)14(11,12)4(5,6)7/h10H,2H2,1H3. The number of hydroxylamine groups is 1. The van der Waals surface area contributed by atoms with Crippen LogP contribution in [0, 0.1) is 0 Å². The number of amides is 1. The minimum atomic E-state index is -6.08. The highest BCUT2D eigenvalue weighted by atomic mass is 32.2. The summed E-state index contributed by atoms with van der Waals surface area (Å²) < 4.78 is 58.1. The lowest BCUT2D eigenvalue weighted by Gasteiger charge is -2.15. The molecule has 0 aliphatic heterocycles. The molecule has 14 heavy (non-hydrogen) atoms. The fraction of sp³-hybridized carbons (Fsp3) is 0.750. The second-order valence-corrected chi connectivity index (χ2v) is 3.65. The summed E-state index contributed by atoms with van der Waals surface area (Å²) in [6.45, 7) is 0.856. The molecule has 0 fully saturated rings. The average Bonchev–Trinajstić information content (AvgIpc) is 2.01. The zero-order valence-corrected chi connectivity index (χ0v) is 7.59. The number of carbonyl (C=O) groups excluding carboxylic acids is 1. The van der Waals surface area contributed by atoms with E-state index < -0.39 is 26.1 Å². The second kappa shape index (κ2) is 4.00. The van der Waals surface area contributed by atoms with Gasteiger partial charge in [-0.3, -0.25) is 5.21 Å². The van der Waals surface area contributed by atoms with Crippen LogP contribution in [0.2, 0.25) is 0 Å². The Morgan fingerprint density at radius 1 is 1.50 bits per heavy atom. The molecule has 0 spiro atoms. The van der Waals surface area contributed by atoms with Crippen molar-refractivity contribution < 1.29 is 36.3 Å².